The van der Waals surface area contributed by atoms with Crippen molar-refractivity contribution in [3.63, 3.8) is 0 Å². The molecule has 0 aliphatic heterocycles. The summed E-state index contributed by atoms with van der Waals surface area (Å²) in [6.45, 7) is 0.714. The highest BCUT2D eigenvalue weighted by molar-refractivity contribution is 5.51. The second-order valence-corrected chi connectivity index (χ2v) is 4.49. The number of phenols is 1. The Kier molecular flexibility index (Phi) is 3.80. The van der Waals surface area contributed by atoms with Crippen molar-refractivity contribution >= 4 is 11.4 Å². The Morgan fingerprint density at radius 1 is 1.16 bits per heavy atom. The van der Waals surface area contributed by atoms with Crippen molar-refractivity contribution in [1.29, 1.82) is 0 Å². The number of phenolic OH excluding ortho intramolecular Hbond substituents is 1. The van der Waals surface area contributed by atoms with Gasteiger partial charge >= 0.3 is 0 Å². The summed E-state index contributed by atoms with van der Waals surface area (Å²) in [6, 6.07) is 12.8. The Balaban J connectivity index is 2.16. The molecule has 4 nitrogen and oxygen atoms in total. The van der Waals surface area contributed by atoms with Crippen molar-refractivity contribution in [2.24, 2.45) is 0 Å². The quantitative estimate of drug-likeness (QED) is 0.828. The Hall–Kier alpha value is -2.36. The fourth-order valence-electron chi connectivity index (χ4n) is 1.97. The van der Waals surface area contributed by atoms with Gasteiger partial charge in [-0.3, -0.25) is 0 Å². The van der Waals surface area contributed by atoms with Crippen LogP contribution < -0.4 is 15.4 Å². The summed E-state index contributed by atoms with van der Waals surface area (Å²) < 4.78 is 5.21. The van der Waals surface area contributed by atoms with Gasteiger partial charge in [0.25, 0.3) is 0 Å². The predicted molar refractivity (Wildman–Crippen MR) is 77.6 cm³/mol. The summed E-state index contributed by atoms with van der Waals surface area (Å²) in [5.74, 6) is 1.02. The lowest BCUT2D eigenvalue weighted by molar-refractivity contribution is 0.414. The molecule has 0 fully saturated rings. The average molecular weight is 258 g/mol. The molecule has 19 heavy (non-hydrogen) atoms. The highest BCUT2D eigenvalue weighted by Gasteiger charge is 2.05. The summed E-state index contributed by atoms with van der Waals surface area (Å²) in [5, 5.41) is 9.28. The van der Waals surface area contributed by atoms with E-state index in [4.69, 9.17) is 10.5 Å². The van der Waals surface area contributed by atoms with Crippen LogP contribution >= 0.6 is 0 Å². The Morgan fingerprint density at radius 3 is 2.47 bits per heavy atom. The number of benzene rings is 2. The van der Waals surface area contributed by atoms with Gasteiger partial charge < -0.3 is 20.5 Å². The number of hydrogen-bond acceptors (Lipinski definition) is 4. The fourth-order valence-corrected chi connectivity index (χ4v) is 1.97. The van der Waals surface area contributed by atoms with Crippen molar-refractivity contribution in [2.45, 2.75) is 6.54 Å². The van der Waals surface area contributed by atoms with Gasteiger partial charge in [-0.1, -0.05) is 0 Å². The number of nitrogens with two attached hydrogens (primary N) is 1. The van der Waals surface area contributed by atoms with Crippen LogP contribution in [0.3, 0.4) is 0 Å². The first-order valence-corrected chi connectivity index (χ1v) is 6.02. The average Bonchev–Trinajstić information content (AvgIpc) is 2.38. The van der Waals surface area contributed by atoms with E-state index in [0.717, 1.165) is 17.0 Å². The molecule has 100 valence electrons. The van der Waals surface area contributed by atoms with E-state index in [0.29, 0.717) is 12.2 Å². The van der Waals surface area contributed by atoms with Gasteiger partial charge in [-0.15, -0.1) is 0 Å². The second kappa shape index (κ2) is 5.52. The largest absolute Gasteiger partial charge is 0.508 e. The molecular formula is C15H18N2O2. The van der Waals surface area contributed by atoms with E-state index in [-0.39, 0.29) is 5.75 Å². The van der Waals surface area contributed by atoms with Crippen LogP contribution in [0.2, 0.25) is 0 Å². The van der Waals surface area contributed by atoms with Crippen LogP contribution in [0.25, 0.3) is 0 Å². The van der Waals surface area contributed by atoms with Crippen molar-refractivity contribution in [2.75, 3.05) is 24.8 Å². The first-order chi connectivity index (χ1) is 9.08. The summed E-state index contributed by atoms with van der Waals surface area (Å²) in [4.78, 5) is 2.08. The minimum atomic E-state index is 0.266. The van der Waals surface area contributed by atoms with Crippen LogP contribution in [0.1, 0.15) is 5.56 Å². The Bertz CT molecular complexity index is 553. The molecule has 0 aliphatic rings. The van der Waals surface area contributed by atoms with E-state index in [1.165, 1.54) is 0 Å². The molecule has 0 unspecified atom stereocenters. The second-order valence-electron chi connectivity index (χ2n) is 4.49. The molecule has 0 spiro atoms. The standard InChI is InChI=1S/C15H18N2O2/c1-17(13-3-5-14(18)6-4-13)10-11-7-12(16)9-15(8-11)19-2/h3-9,18H,10,16H2,1-2H3. The summed E-state index contributed by atoms with van der Waals surface area (Å²) in [7, 11) is 3.62. The number of anilines is 2. The SMILES string of the molecule is COc1cc(N)cc(CN(C)c2ccc(O)cc2)c1. The Labute approximate surface area is 113 Å². The first kappa shape index (κ1) is 13.1. The van der Waals surface area contributed by atoms with Crippen molar-refractivity contribution in [1.82, 2.24) is 0 Å². The van der Waals surface area contributed by atoms with Gasteiger partial charge in [0.1, 0.15) is 11.5 Å². The number of hydrogen-bond donors (Lipinski definition) is 2. The van der Waals surface area contributed by atoms with Gasteiger partial charge in [-0.05, 0) is 42.0 Å². The van der Waals surface area contributed by atoms with Crippen molar-refractivity contribution in [3.8, 4) is 11.5 Å². The molecule has 2 rings (SSSR count). The summed E-state index contributed by atoms with van der Waals surface area (Å²) in [5.41, 5.74) is 8.63. The predicted octanol–water partition coefficient (Wildman–Crippen LogP) is 2.62. The van der Waals surface area contributed by atoms with Gasteiger partial charge in [-0.2, -0.15) is 0 Å². The van der Waals surface area contributed by atoms with E-state index < -0.39 is 0 Å². The molecule has 0 heterocycles. The maximum absolute atomic E-state index is 9.28. The summed E-state index contributed by atoms with van der Waals surface area (Å²) in [6.07, 6.45) is 0. The minimum Gasteiger partial charge on any atom is -0.508 e. The molecule has 0 atom stereocenters. The van der Waals surface area contributed by atoms with E-state index in [2.05, 4.69) is 4.90 Å². The molecule has 2 aromatic carbocycles. The molecule has 0 aromatic heterocycles. The van der Waals surface area contributed by atoms with E-state index in [9.17, 15) is 5.11 Å². The molecule has 0 radical (unpaired) electrons. The number of methoxy groups -OCH3 is 1. The van der Waals surface area contributed by atoms with E-state index >= 15 is 0 Å². The molecule has 0 saturated carbocycles. The van der Waals surface area contributed by atoms with Crippen LogP contribution in [0, 0.1) is 0 Å². The van der Waals surface area contributed by atoms with Gasteiger partial charge in [-0.25, -0.2) is 0 Å². The molecule has 3 N–H and O–H groups in total. The topological polar surface area (TPSA) is 58.7 Å². The maximum atomic E-state index is 9.28. The van der Waals surface area contributed by atoms with Gasteiger partial charge in [0.2, 0.25) is 0 Å². The monoisotopic (exact) mass is 258 g/mol. The maximum Gasteiger partial charge on any atom is 0.121 e. The van der Waals surface area contributed by atoms with Crippen molar-refractivity contribution < 1.29 is 9.84 Å². The number of nitrogen functional groups attached to an aromatic ring is 1. The van der Waals surface area contributed by atoms with Crippen LogP contribution in [0.5, 0.6) is 11.5 Å². The first-order valence-electron chi connectivity index (χ1n) is 6.02. The fraction of sp³-hybridized carbons (Fsp3) is 0.200. The van der Waals surface area contributed by atoms with Gasteiger partial charge in [0, 0.05) is 31.0 Å². The van der Waals surface area contributed by atoms with Crippen LogP contribution in [0.15, 0.2) is 42.5 Å². The van der Waals surface area contributed by atoms with Gasteiger partial charge in [0.15, 0.2) is 0 Å². The number of nitrogens with zero attached hydrogens (tertiary/aromatic N) is 1. The number of rotatable bonds is 4. The third-order valence-corrected chi connectivity index (χ3v) is 2.93. The van der Waals surface area contributed by atoms with Crippen LogP contribution in [-0.2, 0) is 6.54 Å². The lowest BCUT2D eigenvalue weighted by Gasteiger charge is -2.20. The molecule has 0 bridgehead atoms. The molecule has 0 aliphatic carbocycles. The molecule has 0 saturated heterocycles. The number of aromatic hydroxyl groups is 1. The third-order valence-electron chi connectivity index (χ3n) is 2.93. The normalized spacial score (nSPS) is 10.2. The Morgan fingerprint density at radius 2 is 1.84 bits per heavy atom. The lowest BCUT2D eigenvalue weighted by atomic mass is 10.1. The zero-order valence-electron chi connectivity index (χ0n) is 11.1. The lowest BCUT2D eigenvalue weighted by Crippen LogP contribution is -2.16. The molecule has 2 aromatic rings. The van der Waals surface area contributed by atoms with Crippen LogP contribution in [0.4, 0.5) is 11.4 Å². The van der Waals surface area contributed by atoms with E-state index in [1.807, 2.05) is 31.3 Å². The third kappa shape index (κ3) is 3.31. The van der Waals surface area contributed by atoms with E-state index in [1.54, 1.807) is 25.3 Å². The van der Waals surface area contributed by atoms with Gasteiger partial charge in [0.05, 0.1) is 7.11 Å². The number of ether oxygens (including phenoxy) is 1. The zero-order chi connectivity index (χ0) is 13.8. The molecular weight excluding hydrogens is 240 g/mol. The molecule has 0 amide bonds. The van der Waals surface area contributed by atoms with Crippen molar-refractivity contribution in [3.05, 3.63) is 48.0 Å². The molecule has 4 heteroatoms. The summed E-state index contributed by atoms with van der Waals surface area (Å²) >= 11 is 0. The highest BCUT2D eigenvalue weighted by atomic mass is 16.5. The smallest absolute Gasteiger partial charge is 0.121 e. The minimum absolute atomic E-state index is 0.266. The highest BCUT2D eigenvalue weighted by Crippen LogP contribution is 2.22. The van der Waals surface area contributed by atoms with Crippen LogP contribution in [-0.4, -0.2) is 19.3 Å². The zero-order valence-corrected chi connectivity index (χ0v) is 11.1.